The first kappa shape index (κ1) is 16.0. The van der Waals surface area contributed by atoms with E-state index in [0.717, 1.165) is 24.4 Å². The van der Waals surface area contributed by atoms with Crippen LogP contribution in [0.15, 0.2) is 4.90 Å². The molecule has 4 N–H and O–H groups in total. The molecule has 2 rings (SSSR count). The number of rotatable bonds is 8. The number of carbonyl (C=O) groups is 1. The van der Waals surface area contributed by atoms with Gasteiger partial charge in [0.05, 0.1) is 5.75 Å². The van der Waals surface area contributed by atoms with Crippen LogP contribution in [0.3, 0.4) is 0 Å². The molecule has 118 valence electrons. The molecular formula is C12H20N4O3S2. The quantitative estimate of drug-likeness (QED) is 0.654. The molecule has 1 aliphatic rings. The second kappa shape index (κ2) is 6.61. The van der Waals surface area contributed by atoms with Gasteiger partial charge in [0.15, 0.2) is 15.7 Å². The number of anilines is 2. The van der Waals surface area contributed by atoms with Crippen LogP contribution >= 0.6 is 11.5 Å². The average Bonchev–Trinajstić information content (AvgIpc) is 3.11. The highest BCUT2D eigenvalue weighted by Gasteiger charge is 2.25. The van der Waals surface area contributed by atoms with Crippen LogP contribution < -0.4 is 16.4 Å². The zero-order valence-corrected chi connectivity index (χ0v) is 13.5. The van der Waals surface area contributed by atoms with Gasteiger partial charge < -0.3 is 16.4 Å². The van der Waals surface area contributed by atoms with E-state index in [2.05, 4.69) is 15.0 Å². The lowest BCUT2D eigenvalue weighted by atomic mass is 10.4. The van der Waals surface area contributed by atoms with Crippen LogP contribution in [0.25, 0.3) is 0 Å². The molecule has 9 heteroatoms. The van der Waals surface area contributed by atoms with Crippen molar-refractivity contribution >= 4 is 38.1 Å². The van der Waals surface area contributed by atoms with E-state index in [0.29, 0.717) is 30.4 Å². The summed E-state index contributed by atoms with van der Waals surface area (Å²) >= 11 is 1.01. The Morgan fingerprint density at radius 3 is 2.81 bits per heavy atom. The Labute approximate surface area is 128 Å². The minimum absolute atomic E-state index is 0.0263. The number of nitrogens with one attached hydrogen (secondary N) is 2. The molecule has 1 heterocycles. The number of nitrogens with zero attached hydrogens (tertiary/aromatic N) is 1. The molecule has 0 bridgehead atoms. The molecule has 0 unspecified atom stereocenters. The van der Waals surface area contributed by atoms with Crippen molar-refractivity contribution in [1.29, 1.82) is 0 Å². The van der Waals surface area contributed by atoms with E-state index in [1.165, 1.54) is 0 Å². The molecule has 1 aromatic rings. The van der Waals surface area contributed by atoms with E-state index >= 15 is 0 Å². The molecule has 1 aliphatic carbocycles. The summed E-state index contributed by atoms with van der Waals surface area (Å²) in [5.41, 5.74) is 5.66. The molecule has 1 amide bonds. The van der Waals surface area contributed by atoms with Gasteiger partial charge in [0, 0.05) is 19.0 Å². The number of aromatic nitrogens is 1. The Balaban J connectivity index is 1.95. The molecule has 0 aromatic carbocycles. The van der Waals surface area contributed by atoms with Crippen LogP contribution in [-0.2, 0) is 14.6 Å². The molecule has 1 aromatic heterocycles. The minimum Gasteiger partial charge on any atom is -0.382 e. The van der Waals surface area contributed by atoms with E-state index in [1.807, 2.05) is 0 Å². The summed E-state index contributed by atoms with van der Waals surface area (Å²) in [6.07, 6.45) is 2.90. The summed E-state index contributed by atoms with van der Waals surface area (Å²) in [6.45, 7) is 2.15. The topological polar surface area (TPSA) is 114 Å². The number of hydrogen-bond donors (Lipinski definition) is 3. The minimum atomic E-state index is -3.43. The van der Waals surface area contributed by atoms with Crippen molar-refractivity contribution in [1.82, 2.24) is 9.69 Å². The van der Waals surface area contributed by atoms with Crippen LogP contribution in [0.1, 0.15) is 32.6 Å². The number of nitrogen functional groups attached to an aromatic ring is 1. The maximum Gasteiger partial charge on any atom is 0.221 e. The monoisotopic (exact) mass is 332 g/mol. The summed E-state index contributed by atoms with van der Waals surface area (Å²) in [5, 5.41) is 6.25. The molecule has 21 heavy (non-hydrogen) atoms. The standard InChI is InChI=1S/C12H20N4O3S2/c1-2-7-21(18,19)10-11(13)16-20-12(10)14-6-5-9(17)15-8-3-4-8/h8,14H,2-7H2,1H3,(H2,13,16)(H,15,17). The first-order valence-corrected chi connectivity index (χ1v) is 9.37. The Bertz CT molecular complexity index is 608. The Hall–Kier alpha value is -1.35. The van der Waals surface area contributed by atoms with Crippen molar-refractivity contribution in [2.24, 2.45) is 0 Å². The van der Waals surface area contributed by atoms with E-state index in [-0.39, 0.29) is 22.4 Å². The largest absolute Gasteiger partial charge is 0.382 e. The van der Waals surface area contributed by atoms with Gasteiger partial charge in [0.2, 0.25) is 5.91 Å². The zero-order valence-electron chi connectivity index (χ0n) is 11.9. The third-order valence-corrected chi connectivity index (χ3v) is 5.97. The maximum absolute atomic E-state index is 12.2. The molecule has 0 aliphatic heterocycles. The van der Waals surface area contributed by atoms with E-state index in [4.69, 9.17) is 5.73 Å². The van der Waals surface area contributed by atoms with Gasteiger partial charge in [-0.3, -0.25) is 4.79 Å². The molecule has 0 atom stereocenters. The van der Waals surface area contributed by atoms with Crippen molar-refractivity contribution in [2.75, 3.05) is 23.3 Å². The van der Waals surface area contributed by atoms with Crippen LogP contribution in [0.2, 0.25) is 0 Å². The van der Waals surface area contributed by atoms with Crippen molar-refractivity contribution in [3.05, 3.63) is 0 Å². The summed E-state index contributed by atoms with van der Waals surface area (Å²) in [5.74, 6) is 0.0331. The lowest BCUT2D eigenvalue weighted by molar-refractivity contribution is -0.120. The van der Waals surface area contributed by atoms with Gasteiger partial charge in [-0.2, -0.15) is 4.37 Å². The lowest BCUT2D eigenvalue weighted by Crippen LogP contribution is -2.27. The van der Waals surface area contributed by atoms with Gasteiger partial charge in [-0.1, -0.05) is 6.92 Å². The van der Waals surface area contributed by atoms with Crippen molar-refractivity contribution in [3.8, 4) is 0 Å². The number of sulfone groups is 1. The first-order chi connectivity index (χ1) is 9.94. The van der Waals surface area contributed by atoms with Crippen LogP contribution in [-0.4, -0.2) is 37.0 Å². The highest BCUT2D eigenvalue weighted by Crippen LogP contribution is 2.32. The highest BCUT2D eigenvalue weighted by atomic mass is 32.2. The molecule has 1 saturated carbocycles. The Morgan fingerprint density at radius 1 is 1.48 bits per heavy atom. The van der Waals surface area contributed by atoms with E-state index in [1.54, 1.807) is 6.92 Å². The smallest absolute Gasteiger partial charge is 0.221 e. The fourth-order valence-corrected chi connectivity index (χ4v) is 4.54. The van der Waals surface area contributed by atoms with Gasteiger partial charge in [0.25, 0.3) is 0 Å². The highest BCUT2D eigenvalue weighted by molar-refractivity contribution is 7.91. The number of nitrogens with two attached hydrogens (primary N) is 1. The van der Waals surface area contributed by atoms with Crippen LogP contribution in [0.4, 0.5) is 10.8 Å². The molecule has 0 spiro atoms. The molecule has 1 fully saturated rings. The van der Waals surface area contributed by atoms with Crippen molar-refractivity contribution in [2.45, 2.75) is 43.5 Å². The molecule has 7 nitrogen and oxygen atoms in total. The van der Waals surface area contributed by atoms with Gasteiger partial charge in [0.1, 0.15) is 9.90 Å². The molecule has 0 radical (unpaired) electrons. The summed E-state index contributed by atoms with van der Waals surface area (Å²) < 4.78 is 28.2. The number of hydrogen-bond acceptors (Lipinski definition) is 7. The van der Waals surface area contributed by atoms with E-state index in [9.17, 15) is 13.2 Å². The second-order valence-corrected chi connectivity index (χ2v) is 7.88. The second-order valence-electron chi connectivity index (χ2n) is 5.06. The summed E-state index contributed by atoms with van der Waals surface area (Å²) in [6, 6.07) is 0.331. The van der Waals surface area contributed by atoms with Gasteiger partial charge >= 0.3 is 0 Å². The van der Waals surface area contributed by atoms with Crippen molar-refractivity contribution < 1.29 is 13.2 Å². The van der Waals surface area contributed by atoms with Crippen LogP contribution in [0, 0.1) is 0 Å². The molecule has 0 saturated heterocycles. The predicted molar refractivity (Wildman–Crippen MR) is 83.1 cm³/mol. The molecular weight excluding hydrogens is 312 g/mol. The van der Waals surface area contributed by atoms with Gasteiger partial charge in [-0.05, 0) is 30.8 Å². The Kier molecular flexibility index (Phi) is 5.04. The summed E-state index contributed by atoms with van der Waals surface area (Å²) in [7, 11) is -3.43. The SMILES string of the molecule is CCCS(=O)(=O)c1c(N)nsc1NCCC(=O)NC1CC1. The first-order valence-electron chi connectivity index (χ1n) is 6.95. The number of carbonyl (C=O) groups excluding carboxylic acids is 1. The maximum atomic E-state index is 12.2. The fourth-order valence-electron chi connectivity index (χ4n) is 1.90. The van der Waals surface area contributed by atoms with Crippen molar-refractivity contribution in [3.63, 3.8) is 0 Å². The average molecular weight is 332 g/mol. The third-order valence-electron chi connectivity index (χ3n) is 3.04. The third kappa shape index (κ3) is 4.31. The van der Waals surface area contributed by atoms with Gasteiger partial charge in [-0.25, -0.2) is 8.42 Å². The van der Waals surface area contributed by atoms with Gasteiger partial charge in [-0.15, -0.1) is 0 Å². The number of amides is 1. The fraction of sp³-hybridized carbons (Fsp3) is 0.667. The summed E-state index contributed by atoms with van der Waals surface area (Å²) in [4.78, 5) is 11.6. The van der Waals surface area contributed by atoms with Crippen LogP contribution in [0.5, 0.6) is 0 Å². The Morgan fingerprint density at radius 2 is 2.19 bits per heavy atom. The normalized spacial score (nSPS) is 14.9. The lowest BCUT2D eigenvalue weighted by Gasteiger charge is -2.08. The van der Waals surface area contributed by atoms with E-state index < -0.39 is 9.84 Å². The predicted octanol–water partition coefficient (Wildman–Crippen LogP) is 0.990. The zero-order chi connectivity index (χ0) is 15.5.